The van der Waals surface area contributed by atoms with E-state index in [0.29, 0.717) is 13.1 Å². The number of carbonyl (C=O) groups is 1. The normalized spacial score (nSPS) is 19.7. The highest BCUT2D eigenvalue weighted by molar-refractivity contribution is 7.86. The Balaban J connectivity index is 2.14. The Hall–Kier alpha value is -1.71. The average Bonchev–Trinajstić information content (AvgIpc) is 2.53. The third kappa shape index (κ3) is 3.98. The van der Waals surface area contributed by atoms with Crippen molar-refractivity contribution in [2.45, 2.75) is 25.3 Å². The van der Waals surface area contributed by atoms with Crippen molar-refractivity contribution in [2.24, 2.45) is 0 Å². The van der Waals surface area contributed by atoms with Gasteiger partial charge >= 0.3 is 5.97 Å². The van der Waals surface area contributed by atoms with Crippen LogP contribution in [0.1, 0.15) is 29.6 Å². The Labute approximate surface area is 136 Å². The Kier molecular flexibility index (Phi) is 5.55. The van der Waals surface area contributed by atoms with E-state index in [1.165, 1.54) is 35.0 Å². The number of hydrogen-bond acceptors (Lipinski definition) is 5. The van der Waals surface area contributed by atoms with Crippen LogP contribution in [0.2, 0.25) is 0 Å². The SMILES string of the molecule is CN(C)S(=O)(=O)N1CCCCC1CNc1ncccc1C(=O)O. The zero-order valence-corrected chi connectivity index (χ0v) is 14.1. The maximum Gasteiger partial charge on any atom is 0.339 e. The Morgan fingerprint density at radius 3 is 2.87 bits per heavy atom. The number of carboxylic acid groups (broad SMARTS) is 1. The van der Waals surface area contributed by atoms with E-state index in [1.54, 1.807) is 6.07 Å². The standard InChI is InChI=1S/C14H22N4O4S/c1-17(2)23(21,22)18-9-4-3-6-11(18)10-16-13-12(14(19)20)7-5-8-15-13/h5,7-8,11H,3-4,6,9-10H2,1-2H3,(H,15,16)(H,19,20). The monoisotopic (exact) mass is 342 g/mol. The number of nitrogens with one attached hydrogen (secondary N) is 1. The molecule has 0 radical (unpaired) electrons. The fourth-order valence-corrected chi connectivity index (χ4v) is 3.96. The minimum atomic E-state index is -3.49. The number of pyridine rings is 1. The van der Waals surface area contributed by atoms with Crippen LogP contribution in [0.25, 0.3) is 0 Å². The second-order valence-electron chi connectivity index (χ2n) is 5.64. The lowest BCUT2D eigenvalue weighted by Gasteiger charge is -2.36. The fourth-order valence-electron chi connectivity index (χ4n) is 2.62. The number of rotatable bonds is 6. The van der Waals surface area contributed by atoms with E-state index >= 15 is 0 Å². The highest BCUT2D eigenvalue weighted by Gasteiger charge is 2.33. The molecule has 0 aliphatic carbocycles. The number of aromatic nitrogens is 1. The van der Waals surface area contributed by atoms with Crippen LogP contribution in [-0.2, 0) is 10.2 Å². The van der Waals surface area contributed by atoms with Crippen molar-refractivity contribution in [3.05, 3.63) is 23.9 Å². The van der Waals surface area contributed by atoms with Gasteiger partial charge in [0.15, 0.2) is 0 Å². The Morgan fingerprint density at radius 2 is 2.22 bits per heavy atom. The van der Waals surface area contributed by atoms with E-state index in [9.17, 15) is 13.2 Å². The lowest BCUT2D eigenvalue weighted by molar-refractivity contribution is 0.0697. The quantitative estimate of drug-likeness (QED) is 0.794. The third-order valence-electron chi connectivity index (χ3n) is 3.87. The van der Waals surface area contributed by atoms with Gasteiger partial charge in [0.2, 0.25) is 0 Å². The molecule has 1 unspecified atom stereocenters. The van der Waals surface area contributed by atoms with Crippen molar-refractivity contribution in [1.82, 2.24) is 13.6 Å². The highest BCUT2D eigenvalue weighted by Crippen LogP contribution is 2.22. The zero-order valence-electron chi connectivity index (χ0n) is 13.3. The second kappa shape index (κ2) is 7.24. The molecular weight excluding hydrogens is 320 g/mol. The fraction of sp³-hybridized carbons (Fsp3) is 0.571. The van der Waals surface area contributed by atoms with Gasteiger partial charge in [-0.15, -0.1) is 0 Å². The number of piperidine rings is 1. The maximum absolute atomic E-state index is 12.4. The molecule has 23 heavy (non-hydrogen) atoms. The summed E-state index contributed by atoms with van der Waals surface area (Å²) in [6, 6.07) is 2.80. The first-order chi connectivity index (χ1) is 10.8. The van der Waals surface area contributed by atoms with Crippen LogP contribution in [0.4, 0.5) is 5.82 Å². The molecule has 128 valence electrons. The molecule has 0 spiro atoms. The van der Waals surface area contributed by atoms with Crippen LogP contribution >= 0.6 is 0 Å². The van der Waals surface area contributed by atoms with Crippen molar-refractivity contribution in [2.75, 3.05) is 32.5 Å². The lowest BCUT2D eigenvalue weighted by Crippen LogP contribution is -2.51. The summed E-state index contributed by atoms with van der Waals surface area (Å²) in [5.41, 5.74) is 0.0744. The van der Waals surface area contributed by atoms with Crippen molar-refractivity contribution >= 4 is 22.0 Å². The summed E-state index contributed by atoms with van der Waals surface area (Å²) in [6.45, 7) is 0.797. The molecule has 2 heterocycles. The zero-order chi connectivity index (χ0) is 17.0. The van der Waals surface area contributed by atoms with Gasteiger partial charge in [0.1, 0.15) is 11.4 Å². The van der Waals surface area contributed by atoms with Crippen molar-refractivity contribution in [3.8, 4) is 0 Å². The molecule has 0 saturated carbocycles. The molecule has 1 atom stereocenters. The molecular formula is C14H22N4O4S. The number of carboxylic acids is 1. The van der Waals surface area contributed by atoms with Gasteiger partial charge < -0.3 is 10.4 Å². The first kappa shape index (κ1) is 17.6. The summed E-state index contributed by atoms with van der Waals surface area (Å²) in [4.78, 5) is 15.2. The molecule has 2 rings (SSSR count). The van der Waals surface area contributed by atoms with Crippen molar-refractivity contribution < 1.29 is 18.3 Å². The lowest BCUT2D eigenvalue weighted by atomic mass is 10.1. The molecule has 0 bridgehead atoms. The van der Waals surface area contributed by atoms with E-state index in [1.807, 2.05) is 0 Å². The smallest absolute Gasteiger partial charge is 0.339 e. The van der Waals surface area contributed by atoms with Gasteiger partial charge in [-0.2, -0.15) is 17.0 Å². The van der Waals surface area contributed by atoms with Gasteiger partial charge in [0, 0.05) is 39.4 Å². The first-order valence-electron chi connectivity index (χ1n) is 7.45. The molecule has 8 nitrogen and oxygen atoms in total. The van der Waals surface area contributed by atoms with Gasteiger partial charge in [-0.25, -0.2) is 9.78 Å². The van der Waals surface area contributed by atoms with E-state index < -0.39 is 16.2 Å². The number of anilines is 1. The molecule has 1 aromatic rings. The summed E-state index contributed by atoms with van der Waals surface area (Å²) in [6.07, 6.45) is 4.01. The third-order valence-corrected chi connectivity index (χ3v) is 5.87. The van der Waals surface area contributed by atoms with Crippen LogP contribution in [0.15, 0.2) is 18.3 Å². The predicted molar refractivity (Wildman–Crippen MR) is 86.6 cm³/mol. The number of nitrogens with zero attached hydrogens (tertiary/aromatic N) is 3. The summed E-state index contributed by atoms with van der Waals surface area (Å²) in [5, 5.41) is 12.2. The summed E-state index contributed by atoms with van der Waals surface area (Å²) in [7, 11) is -0.471. The molecule has 1 aromatic heterocycles. The van der Waals surface area contributed by atoms with Gasteiger partial charge in [0.25, 0.3) is 10.2 Å². The first-order valence-corrected chi connectivity index (χ1v) is 8.85. The second-order valence-corrected chi connectivity index (χ2v) is 7.73. The molecule has 0 aromatic carbocycles. The van der Waals surface area contributed by atoms with Gasteiger partial charge in [-0.1, -0.05) is 6.42 Å². The molecule has 1 aliphatic heterocycles. The predicted octanol–water partition coefficient (Wildman–Crippen LogP) is 0.853. The van der Waals surface area contributed by atoms with Crippen LogP contribution in [0.5, 0.6) is 0 Å². The van der Waals surface area contributed by atoms with Gasteiger partial charge in [0.05, 0.1) is 0 Å². The van der Waals surface area contributed by atoms with E-state index in [-0.39, 0.29) is 17.4 Å². The van der Waals surface area contributed by atoms with Crippen molar-refractivity contribution in [1.29, 1.82) is 0 Å². The molecule has 1 saturated heterocycles. The Bertz CT molecular complexity index is 662. The molecule has 2 N–H and O–H groups in total. The molecule has 9 heteroatoms. The average molecular weight is 342 g/mol. The number of hydrogen-bond donors (Lipinski definition) is 2. The molecule has 1 fully saturated rings. The minimum absolute atomic E-state index is 0.0744. The largest absolute Gasteiger partial charge is 0.478 e. The van der Waals surface area contributed by atoms with E-state index in [0.717, 1.165) is 19.3 Å². The van der Waals surface area contributed by atoms with E-state index in [2.05, 4.69) is 10.3 Å². The summed E-state index contributed by atoms with van der Waals surface area (Å²) >= 11 is 0. The van der Waals surface area contributed by atoms with Crippen LogP contribution < -0.4 is 5.32 Å². The molecule has 0 amide bonds. The summed E-state index contributed by atoms with van der Waals surface area (Å²) < 4.78 is 27.5. The van der Waals surface area contributed by atoms with Gasteiger partial charge in [-0.3, -0.25) is 0 Å². The van der Waals surface area contributed by atoms with Gasteiger partial charge in [-0.05, 0) is 25.0 Å². The molecule has 1 aliphatic rings. The highest BCUT2D eigenvalue weighted by atomic mass is 32.2. The van der Waals surface area contributed by atoms with Crippen LogP contribution in [0.3, 0.4) is 0 Å². The number of aromatic carboxylic acids is 1. The van der Waals surface area contributed by atoms with Crippen LogP contribution in [0, 0.1) is 0 Å². The Morgan fingerprint density at radius 1 is 1.48 bits per heavy atom. The summed E-state index contributed by atoms with van der Waals surface area (Å²) in [5.74, 6) is -0.810. The van der Waals surface area contributed by atoms with Crippen LogP contribution in [-0.4, -0.2) is 66.3 Å². The topological polar surface area (TPSA) is 103 Å². The minimum Gasteiger partial charge on any atom is -0.478 e. The van der Waals surface area contributed by atoms with Crippen molar-refractivity contribution in [3.63, 3.8) is 0 Å². The maximum atomic E-state index is 12.4. The van der Waals surface area contributed by atoms with E-state index in [4.69, 9.17) is 5.11 Å².